The van der Waals surface area contributed by atoms with Crippen molar-refractivity contribution in [3.8, 4) is 0 Å². The lowest BCUT2D eigenvalue weighted by molar-refractivity contribution is -0.116. The van der Waals surface area contributed by atoms with E-state index in [0.29, 0.717) is 6.54 Å². The lowest BCUT2D eigenvalue weighted by Gasteiger charge is -2.30. The Balaban J connectivity index is 1.79. The summed E-state index contributed by atoms with van der Waals surface area (Å²) in [6.07, 6.45) is 3.21. The Kier molecular flexibility index (Phi) is 5.87. The number of hydrogen-bond acceptors (Lipinski definition) is 6. The second-order valence-corrected chi connectivity index (χ2v) is 9.51. The van der Waals surface area contributed by atoms with Crippen LogP contribution in [0, 0.1) is 0 Å². The molecule has 0 unspecified atom stereocenters. The van der Waals surface area contributed by atoms with Crippen molar-refractivity contribution in [3.63, 3.8) is 0 Å². The fraction of sp³-hybridized carbons (Fsp3) is 0.471. The van der Waals surface area contributed by atoms with Gasteiger partial charge in [0.25, 0.3) is 0 Å². The third-order valence-corrected chi connectivity index (χ3v) is 7.27. The SMILES string of the molecule is CCn1cnnc1SCC(=O)N1CCCc2cc(S(=O)(=O)N(C)C)ccc21. The molecule has 8 nitrogen and oxygen atoms in total. The van der Waals surface area contributed by atoms with Crippen LogP contribution in [0.15, 0.2) is 34.6 Å². The standard InChI is InChI=1S/C17H23N5O3S2/c1-4-21-12-18-19-17(21)26-11-16(23)22-9-5-6-13-10-14(7-8-15(13)22)27(24,25)20(2)3/h7-8,10,12H,4-6,9,11H2,1-3H3. The number of carbonyl (C=O) groups is 1. The molecule has 2 heterocycles. The smallest absolute Gasteiger partial charge is 0.242 e. The second kappa shape index (κ2) is 7.99. The monoisotopic (exact) mass is 409 g/mol. The molecule has 0 N–H and O–H groups in total. The summed E-state index contributed by atoms with van der Waals surface area (Å²) in [4.78, 5) is 14.8. The normalized spacial score (nSPS) is 14.4. The average Bonchev–Trinajstić information content (AvgIpc) is 3.12. The summed E-state index contributed by atoms with van der Waals surface area (Å²) >= 11 is 1.36. The summed E-state index contributed by atoms with van der Waals surface area (Å²) in [6, 6.07) is 4.99. The van der Waals surface area contributed by atoms with Gasteiger partial charge in [0.1, 0.15) is 6.33 Å². The third kappa shape index (κ3) is 4.02. The molecule has 0 saturated heterocycles. The first-order valence-electron chi connectivity index (χ1n) is 8.71. The number of benzene rings is 1. The van der Waals surface area contributed by atoms with Crippen molar-refractivity contribution < 1.29 is 13.2 Å². The minimum atomic E-state index is -3.49. The zero-order chi connectivity index (χ0) is 19.6. The molecule has 1 amide bonds. The Labute approximate surface area is 163 Å². The van der Waals surface area contributed by atoms with Gasteiger partial charge < -0.3 is 9.47 Å². The number of nitrogens with zero attached hydrogens (tertiary/aromatic N) is 5. The number of hydrogen-bond donors (Lipinski definition) is 0. The summed E-state index contributed by atoms with van der Waals surface area (Å²) < 4.78 is 27.8. The van der Waals surface area contributed by atoms with E-state index in [4.69, 9.17) is 0 Å². The molecule has 0 saturated carbocycles. The summed E-state index contributed by atoms with van der Waals surface area (Å²) in [7, 11) is -0.466. The van der Waals surface area contributed by atoms with Crippen molar-refractivity contribution >= 4 is 33.4 Å². The molecule has 1 aromatic heterocycles. The zero-order valence-corrected chi connectivity index (χ0v) is 17.3. The van der Waals surface area contributed by atoms with E-state index in [1.54, 1.807) is 29.4 Å². The highest BCUT2D eigenvalue weighted by molar-refractivity contribution is 7.99. The van der Waals surface area contributed by atoms with Crippen LogP contribution in [0.3, 0.4) is 0 Å². The first kappa shape index (κ1) is 19.8. The van der Waals surface area contributed by atoms with E-state index in [2.05, 4.69) is 10.2 Å². The van der Waals surface area contributed by atoms with Crippen LogP contribution in [-0.4, -0.2) is 59.8 Å². The maximum atomic E-state index is 12.8. The van der Waals surface area contributed by atoms with Crippen LogP contribution >= 0.6 is 11.8 Å². The van der Waals surface area contributed by atoms with Gasteiger partial charge in [-0.2, -0.15) is 0 Å². The number of sulfonamides is 1. The molecule has 0 atom stereocenters. The van der Waals surface area contributed by atoms with Gasteiger partial charge in [-0.1, -0.05) is 11.8 Å². The van der Waals surface area contributed by atoms with Crippen molar-refractivity contribution in [2.75, 3.05) is 31.3 Å². The van der Waals surface area contributed by atoms with Gasteiger partial charge in [-0.25, -0.2) is 12.7 Å². The summed E-state index contributed by atoms with van der Waals surface area (Å²) in [5, 5.41) is 8.63. The van der Waals surface area contributed by atoms with Crippen molar-refractivity contribution in [2.24, 2.45) is 0 Å². The molecule has 0 bridgehead atoms. The summed E-state index contributed by atoms with van der Waals surface area (Å²) in [5.41, 5.74) is 1.68. The number of fused-ring (bicyclic) bond motifs is 1. The summed E-state index contributed by atoms with van der Waals surface area (Å²) in [6.45, 7) is 3.38. The molecule has 0 radical (unpaired) electrons. The van der Waals surface area contributed by atoms with Gasteiger partial charge in [-0.05, 0) is 43.5 Å². The van der Waals surface area contributed by atoms with Gasteiger partial charge in [-0.3, -0.25) is 4.79 Å². The van der Waals surface area contributed by atoms with Crippen LogP contribution in [0.5, 0.6) is 0 Å². The largest absolute Gasteiger partial charge is 0.311 e. The maximum Gasteiger partial charge on any atom is 0.242 e. The van der Waals surface area contributed by atoms with E-state index < -0.39 is 10.0 Å². The highest BCUT2D eigenvalue weighted by atomic mass is 32.2. The Morgan fingerprint density at radius 1 is 1.33 bits per heavy atom. The van der Waals surface area contributed by atoms with E-state index in [1.807, 2.05) is 11.5 Å². The number of thioether (sulfide) groups is 1. The van der Waals surface area contributed by atoms with Gasteiger partial charge >= 0.3 is 0 Å². The first-order chi connectivity index (χ1) is 12.8. The summed E-state index contributed by atoms with van der Waals surface area (Å²) in [5.74, 6) is 0.241. The number of amides is 1. The van der Waals surface area contributed by atoms with E-state index in [-0.39, 0.29) is 16.6 Å². The average molecular weight is 410 g/mol. The highest BCUT2D eigenvalue weighted by Gasteiger charge is 2.26. The molecule has 3 rings (SSSR count). The van der Waals surface area contributed by atoms with Crippen molar-refractivity contribution in [1.29, 1.82) is 0 Å². The number of rotatable bonds is 6. The molecule has 1 aromatic carbocycles. The van der Waals surface area contributed by atoms with Gasteiger partial charge in [0, 0.05) is 32.9 Å². The fourth-order valence-corrected chi connectivity index (χ4v) is 4.79. The Hall–Kier alpha value is -1.91. The molecule has 146 valence electrons. The molecule has 1 aliphatic rings. The van der Waals surface area contributed by atoms with Crippen LogP contribution in [-0.2, 0) is 27.8 Å². The van der Waals surface area contributed by atoms with Crippen LogP contribution in [0.25, 0.3) is 0 Å². The first-order valence-corrected chi connectivity index (χ1v) is 11.1. The Morgan fingerprint density at radius 3 is 2.81 bits per heavy atom. The molecule has 27 heavy (non-hydrogen) atoms. The molecule has 0 fully saturated rings. The van der Waals surface area contributed by atoms with Crippen molar-refractivity contribution in [3.05, 3.63) is 30.1 Å². The Morgan fingerprint density at radius 2 is 2.11 bits per heavy atom. The maximum absolute atomic E-state index is 12.8. The van der Waals surface area contributed by atoms with Crippen LogP contribution in [0.4, 0.5) is 5.69 Å². The predicted molar refractivity (Wildman–Crippen MR) is 104 cm³/mol. The zero-order valence-electron chi connectivity index (χ0n) is 15.6. The van der Waals surface area contributed by atoms with Gasteiger partial charge in [0.2, 0.25) is 15.9 Å². The lowest BCUT2D eigenvalue weighted by atomic mass is 10.0. The second-order valence-electron chi connectivity index (χ2n) is 6.42. The fourth-order valence-electron chi connectivity index (χ4n) is 2.98. The van der Waals surface area contributed by atoms with E-state index in [1.165, 1.54) is 30.2 Å². The van der Waals surface area contributed by atoms with Crippen molar-refractivity contribution in [2.45, 2.75) is 36.4 Å². The number of anilines is 1. The van der Waals surface area contributed by atoms with Gasteiger partial charge in [0.15, 0.2) is 5.16 Å². The highest BCUT2D eigenvalue weighted by Crippen LogP contribution is 2.31. The third-order valence-electron chi connectivity index (χ3n) is 4.49. The number of aromatic nitrogens is 3. The van der Waals surface area contributed by atoms with E-state index >= 15 is 0 Å². The minimum absolute atomic E-state index is 0.0187. The molecule has 0 spiro atoms. The van der Waals surface area contributed by atoms with Crippen LogP contribution < -0.4 is 4.90 Å². The van der Waals surface area contributed by atoms with Gasteiger partial charge in [0.05, 0.1) is 10.6 Å². The molecular formula is C17H23N5O3S2. The van der Waals surface area contributed by atoms with Gasteiger partial charge in [-0.15, -0.1) is 10.2 Å². The molecule has 1 aliphatic heterocycles. The van der Waals surface area contributed by atoms with Crippen LogP contribution in [0.1, 0.15) is 18.9 Å². The molecule has 10 heteroatoms. The van der Waals surface area contributed by atoms with Crippen LogP contribution in [0.2, 0.25) is 0 Å². The van der Waals surface area contributed by atoms with Crippen molar-refractivity contribution in [1.82, 2.24) is 19.1 Å². The molecular weight excluding hydrogens is 386 g/mol. The number of carbonyl (C=O) groups excluding carboxylic acids is 1. The lowest BCUT2D eigenvalue weighted by Crippen LogP contribution is -2.37. The Bertz CT molecular complexity index is 940. The molecule has 0 aliphatic carbocycles. The quantitative estimate of drug-likeness (QED) is 0.674. The molecule has 2 aromatic rings. The number of aryl methyl sites for hydroxylation is 2. The van der Waals surface area contributed by atoms with E-state index in [0.717, 1.165) is 35.8 Å². The topological polar surface area (TPSA) is 88.4 Å². The minimum Gasteiger partial charge on any atom is -0.311 e. The predicted octanol–water partition coefficient (Wildman–Crippen LogP) is 1.62. The van der Waals surface area contributed by atoms with E-state index in [9.17, 15) is 13.2 Å².